The number of rotatable bonds is 4. The predicted octanol–water partition coefficient (Wildman–Crippen LogP) is 1.92. The molecule has 1 atom stereocenters. The van der Waals surface area contributed by atoms with Crippen LogP contribution in [-0.2, 0) is 16.0 Å². The van der Waals surface area contributed by atoms with Crippen molar-refractivity contribution in [3.05, 3.63) is 11.7 Å². The molecule has 6 nitrogen and oxygen atoms in total. The largest absolute Gasteiger partial charge is 0.347 e. The zero-order valence-electron chi connectivity index (χ0n) is 12.6. The number of ether oxygens (including phenoxy) is 2. The van der Waals surface area contributed by atoms with Gasteiger partial charge in [0, 0.05) is 18.4 Å². The fourth-order valence-corrected chi connectivity index (χ4v) is 3.42. The molecule has 2 aliphatic heterocycles. The summed E-state index contributed by atoms with van der Waals surface area (Å²) in [6.45, 7) is 6.32. The van der Waals surface area contributed by atoms with Crippen LogP contribution in [0.25, 0.3) is 0 Å². The van der Waals surface area contributed by atoms with Gasteiger partial charge in [-0.2, -0.15) is 4.98 Å². The standard InChI is InChI=1S/C15H23N3O3/c1-15(19-7-8-20-15)12-3-2-6-18(9-12)10-13-16-14(21-17-13)11-4-5-11/h11-12H,2-10H2,1H3. The zero-order chi connectivity index (χ0) is 14.3. The first-order valence-corrected chi connectivity index (χ1v) is 8.06. The first-order valence-electron chi connectivity index (χ1n) is 8.06. The Bertz CT molecular complexity index is 494. The van der Waals surface area contributed by atoms with Gasteiger partial charge in [0.1, 0.15) is 0 Å². The Kier molecular flexibility index (Phi) is 3.47. The molecular formula is C15H23N3O3. The van der Waals surface area contributed by atoms with Gasteiger partial charge >= 0.3 is 0 Å². The SMILES string of the molecule is CC1(C2CCCN(Cc3noc(C4CC4)n3)C2)OCCO1. The molecule has 21 heavy (non-hydrogen) atoms. The lowest BCUT2D eigenvalue weighted by Gasteiger charge is -2.39. The molecule has 1 aliphatic carbocycles. The zero-order valence-corrected chi connectivity index (χ0v) is 12.6. The number of hydrogen-bond acceptors (Lipinski definition) is 6. The third kappa shape index (κ3) is 2.84. The summed E-state index contributed by atoms with van der Waals surface area (Å²) in [5.41, 5.74) is 0. The van der Waals surface area contributed by atoms with Crippen molar-refractivity contribution in [2.24, 2.45) is 5.92 Å². The summed E-state index contributed by atoms with van der Waals surface area (Å²) in [6.07, 6.45) is 4.72. The highest BCUT2D eigenvalue weighted by atomic mass is 16.7. The van der Waals surface area contributed by atoms with E-state index in [1.165, 1.54) is 19.3 Å². The van der Waals surface area contributed by atoms with E-state index in [-0.39, 0.29) is 0 Å². The van der Waals surface area contributed by atoms with Gasteiger partial charge in [-0.15, -0.1) is 0 Å². The number of piperidine rings is 1. The highest BCUT2D eigenvalue weighted by Gasteiger charge is 2.41. The third-order valence-corrected chi connectivity index (χ3v) is 4.88. The quantitative estimate of drug-likeness (QED) is 0.845. The van der Waals surface area contributed by atoms with E-state index in [2.05, 4.69) is 22.0 Å². The maximum Gasteiger partial charge on any atom is 0.229 e. The summed E-state index contributed by atoms with van der Waals surface area (Å²) >= 11 is 0. The molecule has 0 bridgehead atoms. The van der Waals surface area contributed by atoms with Crippen molar-refractivity contribution in [1.82, 2.24) is 15.0 Å². The molecule has 3 heterocycles. The molecule has 1 aromatic heterocycles. The van der Waals surface area contributed by atoms with Crippen molar-refractivity contribution >= 4 is 0 Å². The van der Waals surface area contributed by atoms with Crippen LogP contribution in [0.15, 0.2) is 4.52 Å². The second-order valence-electron chi connectivity index (χ2n) is 6.61. The topological polar surface area (TPSA) is 60.6 Å². The molecule has 3 aliphatic rings. The van der Waals surface area contributed by atoms with Gasteiger partial charge in [0.2, 0.25) is 5.89 Å². The van der Waals surface area contributed by atoms with E-state index in [0.29, 0.717) is 25.0 Å². The smallest absolute Gasteiger partial charge is 0.229 e. The second kappa shape index (κ2) is 5.34. The van der Waals surface area contributed by atoms with Gasteiger partial charge in [-0.05, 0) is 39.2 Å². The fourth-order valence-electron chi connectivity index (χ4n) is 3.42. The van der Waals surface area contributed by atoms with Gasteiger partial charge in [0.15, 0.2) is 11.6 Å². The van der Waals surface area contributed by atoms with Crippen LogP contribution in [-0.4, -0.2) is 47.1 Å². The Balaban J connectivity index is 1.38. The number of hydrogen-bond donors (Lipinski definition) is 0. The Morgan fingerprint density at radius 3 is 2.81 bits per heavy atom. The highest BCUT2D eigenvalue weighted by Crippen LogP contribution is 2.39. The summed E-state index contributed by atoms with van der Waals surface area (Å²) in [6, 6.07) is 0. The van der Waals surface area contributed by atoms with E-state index in [1.807, 2.05) is 0 Å². The summed E-state index contributed by atoms with van der Waals surface area (Å²) in [5, 5.41) is 4.12. The number of likely N-dealkylation sites (tertiary alicyclic amines) is 1. The lowest BCUT2D eigenvalue weighted by Crippen LogP contribution is -2.46. The molecule has 0 N–H and O–H groups in total. The van der Waals surface area contributed by atoms with E-state index in [0.717, 1.165) is 37.8 Å². The molecule has 2 saturated heterocycles. The maximum absolute atomic E-state index is 5.82. The van der Waals surface area contributed by atoms with Crippen LogP contribution in [0.3, 0.4) is 0 Å². The summed E-state index contributed by atoms with van der Waals surface area (Å²) in [4.78, 5) is 6.92. The molecule has 0 amide bonds. The third-order valence-electron chi connectivity index (χ3n) is 4.88. The minimum absolute atomic E-state index is 0.408. The fraction of sp³-hybridized carbons (Fsp3) is 0.867. The summed E-state index contributed by atoms with van der Waals surface area (Å²) < 4.78 is 17.0. The monoisotopic (exact) mass is 293 g/mol. The van der Waals surface area contributed by atoms with Crippen molar-refractivity contribution in [1.29, 1.82) is 0 Å². The Hall–Kier alpha value is -0.980. The minimum atomic E-state index is -0.408. The molecule has 0 spiro atoms. The molecule has 0 radical (unpaired) electrons. The van der Waals surface area contributed by atoms with Crippen molar-refractivity contribution in [2.75, 3.05) is 26.3 Å². The van der Waals surface area contributed by atoms with Crippen molar-refractivity contribution in [3.63, 3.8) is 0 Å². The second-order valence-corrected chi connectivity index (χ2v) is 6.61. The summed E-state index contributed by atoms with van der Waals surface area (Å²) in [5.74, 6) is 2.18. The van der Waals surface area contributed by atoms with E-state index >= 15 is 0 Å². The molecule has 3 fully saturated rings. The van der Waals surface area contributed by atoms with Crippen molar-refractivity contribution in [3.8, 4) is 0 Å². The lowest BCUT2D eigenvalue weighted by molar-refractivity contribution is -0.192. The van der Waals surface area contributed by atoms with Crippen molar-refractivity contribution in [2.45, 2.75) is 50.9 Å². The first kappa shape index (κ1) is 13.7. The van der Waals surface area contributed by atoms with Gasteiger partial charge in [-0.3, -0.25) is 4.90 Å². The molecular weight excluding hydrogens is 270 g/mol. The van der Waals surface area contributed by atoms with E-state index < -0.39 is 5.79 Å². The average Bonchev–Trinajstić information content (AvgIpc) is 3.08. The molecule has 1 unspecified atom stereocenters. The number of aromatic nitrogens is 2. The molecule has 0 aromatic carbocycles. The Morgan fingerprint density at radius 1 is 1.24 bits per heavy atom. The first-order chi connectivity index (χ1) is 10.2. The summed E-state index contributed by atoms with van der Waals surface area (Å²) in [7, 11) is 0. The van der Waals surface area contributed by atoms with Crippen LogP contribution in [0.2, 0.25) is 0 Å². The van der Waals surface area contributed by atoms with Crippen LogP contribution < -0.4 is 0 Å². The van der Waals surface area contributed by atoms with Gasteiger partial charge in [0.25, 0.3) is 0 Å². The van der Waals surface area contributed by atoms with Gasteiger partial charge < -0.3 is 14.0 Å². The van der Waals surface area contributed by atoms with Crippen LogP contribution in [0.1, 0.15) is 50.2 Å². The van der Waals surface area contributed by atoms with Crippen molar-refractivity contribution < 1.29 is 14.0 Å². The van der Waals surface area contributed by atoms with Gasteiger partial charge in [0.05, 0.1) is 19.8 Å². The van der Waals surface area contributed by atoms with E-state index in [4.69, 9.17) is 14.0 Å². The normalized spacial score (nSPS) is 29.9. The molecule has 4 rings (SSSR count). The number of nitrogens with zero attached hydrogens (tertiary/aromatic N) is 3. The maximum atomic E-state index is 5.82. The predicted molar refractivity (Wildman–Crippen MR) is 74.6 cm³/mol. The lowest BCUT2D eigenvalue weighted by atomic mass is 9.90. The van der Waals surface area contributed by atoms with Crippen LogP contribution >= 0.6 is 0 Å². The van der Waals surface area contributed by atoms with Gasteiger partial charge in [-0.1, -0.05) is 5.16 Å². The van der Waals surface area contributed by atoms with Crippen LogP contribution in [0.4, 0.5) is 0 Å². The van der Waals surface area contributed by atoms with Crippen LogP contribution in [0.5, 0.6) is 0 Å². The van der Waals surface area contributed by atoms with E-state index in [1.54, 1.807) is 0 Å². The van der Waals surface area contributed by atoms with Crippen LogP contribution in [0, 0.1) is 5.92 Å². The van der Waals surface area contributed by atoms with Gasteiger partial charge in [-0.25, -0.2) is 0 Å². The minimum Gasteiger partial charge on any atom is -0.347 e. The molecule has 1 aromatic rings. The molecule has 116 valence electrons. The average molecular weight is 293 g/mol. The molecule has 6 heteroatoms. The highest BCUT2D eigenvalue weighted by molar-refractivity contribution is 5.01. The Labute approximate surface area is 124 Å². The molecule has 1 saturated carbocycles. The van der Waals surface area contributed by atoms with E-state index in [9.17, 15) is 0 Å². The Morgan fingerprint density at radius 2 is 2.05 bits per heavy atom.